The van der Waals surface area contributed by atoms with E-state index in [1.54, 1.807) is 22.7 Å². The van der Waals surface area contributed by atoms with Crippen molar-refractivity contribution in [3.8, 4) is 0 Å². The molecule has 2 heterocycles. The maximum atomic E-state index is 12.7. The topological polar surface area (TPSA) is 102 Å². The molecule has 3 N–H and O–H groups in total. The molecule has 0 saturated carbocycles. The van der Waals surface area contributed by atoms with E-state index in [2.05, 4.69) is 10.3 Å². The average Bonchev–Trinajstić information content (AvgIpc) is 3.24. The van der Waals surface area contributed by atoms with Crippen molar-refractivity contribution in [3.05, 3.63) is 67.8 Å². The number of hydrogen-bond donors (Lipinski definition) is 2. The molecule has 3 aromatic rings. The Morgan fingerprint density at radius 2 is 1.93 bits per heavy atom. The number of aromatic nitrogens is 1. The molecule has 142 valence electrons. The molecule has 6 nitrogen and oxygen atoms in total. The van der Waals surface area contributed by atoms with Gasteiger partial charge in [-0.25, -0.2) is 18.5 Å². The first-order valence-corrected chi connectivity index (χ1v) is 11.4. The zero-order valence-corrected chi connectivity index (χ0v) is 17.2. The molecule has 0 aliphatic rings. The van der Waals surface area contributed by atoms with Crippen LogP contribution in [0.4, 0.5) is 0 Å². The molecule has 1 aromatic carbocycles. The lowest BCUT2D eigenvalue weighted by atomic mass is 10.1. The predicted octanol–water partition coefficient (Wildman–Crippen LogP) is 3.18. The fourth-order valence-electron chi connectivity index (χ4n) is 2.53. The number of thiazole rings is 1. The van der Waals surface area contributed by atoms with E-state index in [0.29, 0.717) is 12.0 Å². The van der Waals surface area contributed by atoms with Crippen molar-refractivity contribution in [2.45, 2.75) is 31.2 Å². The summed E-state index contributed by atoms with van der Waals surface area (Å²) < 4.78 is 22.7. The molecule has 27 heavy (non-hydrogen) atoms. The SMILES string of the molecule is Cc1nc(C(Cc2ccsc2)NC(=O)c2ccc(S(N)(=O)=O)cc2)sc1C. The highest BCUT2D eigenvalue weighted by Crippen LogP contribution is 2.26. The van der Waals surface area contributed by atoms with Crippen LogP contribution in [-0.4, -0.2) is 19.3 Å². The monoisotopic (exact) mass is 421 g/mol. The largest absolute Gasteiger partial charge is 0.342 e. The van der Waals surface area contributed by atoms with Gasteiger partial charge in [0.1, 0.15) is 5.01 Å². The van der Waals surface area contributed by atoms with E-state index in [9.17, 15) is 13.2 Å². The normalized spacial score (nSPS) is 12.7. The molecular formula is C18H19N3O3S3. The molecule has 1 amide bonds. The molecule has 0 radical (unpaired) electrons. The number of nitrogens with one attached hydrogen (secondary N) is 1. The molecule has 0 spiro atoms. The smallest absolute Gasteiger partial charge is 0.251 e. The van der Waals surface area contributed by atoms with Crippen LogP contribution < -0.4 is 10.5 Å². The molecule has 9 heteroatoms. The molecular weight excluding hydrogens is 402 g/mol. The summed E-state index contributed by atoms with van der Waals surface area (Å²) in [4.78, 5) is 18.4. The second-order valence-electron chi connectivity index (χ2n) is 6.12. The van der Waals surface area contributed by atoms with E-state index in [1.807, 2.05) is 30.7 Å². The summed E-state index contributed by atoms with van der Waals surface area (Å²) in [5.41, 5.74) is 2.44. The molecule has 2 aromatic heterocycles. The van der Waals surface area contributed by atoms with Gasteiger partial charge >= 0.3 is 0 Å². The molecule has 1 atom stereocenters. The Morgan fingerprint density at radius 3 is 2.44 bits per heavy atom. The van der Waals surface area contributed by atoms with Crippen molar-refractivity contribution < 1.29 is 13.2 Å². The van der Waals surface area contributed by atoms with E-state index in [1.165, 1.54) is 24.3 Å². The number of rotatable bonds is 6. The molecule has 1 unspecified atom stereocenters. The average molecular weight is 422 g/mol. The molecule has 0 aliphatic heterocycles. The lowest BCUT2D eigenvalue weighted by Crippen LogP contribution is -2.30. The lowest BCUT2D eigenvalue weighted by Gasteiger charge is -2.16. The minimum absolute atomic E-state index is 0.0277. The number of nitrogens with two attached hydrogens (primary N) is 1. The van der Waals surface area contributed by atoms with Crippen LogP contribution in [0.1, 0.15) is 37.5 Å². The van der Waals surface area contributed by atoms with Gasteiger partial charge in [0.25, 0.3) is 5.91 Å². The van der Waals surface area contributed by atoms with Crippen molar-refractivity contribution in [2.24, 2.45) is 5.14 Å². The maximum Gasteiger partial charge on any atom is 0.251 e. The highest BCUT2D eigenvalue weighted by molar-refractivity contribution is 7.89. The third-order valence-electron chi connectivity index (χ3n) is 4.11. The summed E-state index contributed by atoms with van der Waals surface area (Å²) in [6, 6.07) is 7.33. The number of sulfonamides is 1. The maximum absolute atomic E-state index is 12.7. The van der Waals surface area contributed by atoms with Gasteiger partial charge in [-0.1, -0.05) is 0 Å². The Morgan fingerprint density at radius 1 is 1.22 bits per heavy atom. The van der Waals surface area contributed by atoms with Crippen molar-refractivity contribution in [3.63, 3.8) is 0 Å². The van der Waals surface area contributed by atoms with E-state index in [0.717, 1.165) is 21.1 Å². The Kier molecular flexibility index (Phi) is 5.75. The predicted molar refractivity (Wildman–Crippen MR) is 108 cm³/mol. The summed E-state index contributed by atoms with van der Waals surface area (Å²) >= 11 is 3.17. The standard InChI is InChI=1S/C18H19N3O3S3/c1-11-12(2)26-18(20-11)16(9-13-7-8-25-10-13)21-17(22)14-3-5-15(6-4-14)27(19,23)24/h3-8,10,16H,9H2,1-2H3,(H,21,22)(H2,19,23,24). The van der Waals surface area contributed by atoms with Crippen LogP contribution in [0.25, 0.3) is 0 Å². The number of nitrogens with zero attached hydrogens (tertiary/aromatic N) is 1. The van der Waals surface area contributed by atoms with Crippen LogP contribution in [0.2, 0.25) is 0 Å². The molecule has 0 bridgehead atoms. The van der Waals surface area contributed by atoms with Crippen LogP contribution in [0.15, 0.2) is 46.0 Å². The highest BCUT2D eigenvalue weighted by Gasteiger charge is 2.21. The zero-order valence-electron chi connectivity index (χ0n) is 14.8. The fourth-order valence-corrected chi connectivity index (χ4v) is 4.70. The zero-order chi connectivity index (χ0) is 19.6. The van der Waals surface area contributed by atoms with Crippen LogP contribution in [0.5, 0.6) is 0 Å². The number of aryl methyl sites for hydroxylation is 2. The lowest BCUT2D eigenvalue weighted by molar-refractivity contribution is 0.0936. The van der Waals surface area contributed by atoms with Crippen LogP contribution >= 0.6 is 22.7 Å². The van der Waals surface area contributed by atoms with Gasteiger partial charge in [-0.15, -0.1) is 11.3 Å². The van der Waals surface area contributed by atoms with Crippen LogP contribution in [0.3, 0.4) is 0 Å². The Hall–Kier alpha value is -2.07. The Bertz CT molecular complexity index is 1020. The number of carbonyl (C=O) groups excluding carboxylic acids is 1. The fraction of sp³-hybridized carbons (Fsp3) is 0.222. The summed E-state index contributed by atoms with van der Waals surface area (Å²) in [6.07, 6.45) is 0.636. The van der Waals surface area contributed by atoms with Crippen molar-refractivity contribution >= 4 is 38.6 Å². The van der Waals surface area contributed by atoms with Gasteiger partial charge in [-0.05, 0) is 60.5 Å². The van der Waals surface area contributed by atoms with Crippen molar-refractivity contribution in [1.82, 2.24) is 10.3 Å². The molecule has 3 rings (SSSR count). The van der Waals surface area contributed by atoms with E-state index < -0.39 is 10.0 Å². The summed E-state index contributed by atoms with van der Waals surface area (Å²) in [6.45, 7) is 3.96. The molecule has 0 fully saturated rings. The van der Waals surface area contributed by atoms with E-state index in [-0.39, 0.29) is 16.8 Å². The first-order chi connectivity index (χ1) is 12.7. The summed E-state index contributed by atoms with van der Waals surface area (Å²) in [7, 11) is -3.79. The highest BCUT2D eigenvalue weighted by atomic mass is 32.2. The number of primary sulfonamides is 1. The third kappa shape index (κ3) is 4.81. The minimum atomic E-state index is -3.79. The van der Waals surface area contributed by atoms with Crippen molar-refractivity contribution in [2.75, 3.05) is 0 Å². The van der Waals surface area contributed by atoms with Gasteiger partial charge in [0.2, 0.25) is 10.0 Å². The number of benzene rings is 1. The van der Waals surface area contributed by atoms with Gasteiger partial charge in [0.15, 0.2) is 0 Å². The molecule has 0 saturated heterocycles. The van der Waals surface area contributed by atoms with Crippen LogP contribution in [0, 0.1) is 13.8 Å². The molecule has 0 aliphatic carbocycles. The number of hydrogen-bond acceptors (Lipinski definition) is 6. The second kappa shape index (κ2) is 7.89. The number of thiophene rings is 1. The second-order valence-corrected chi connectivity index (χ2v) is 9.70. The van der Waals surface area contributed by atoms with Gasteiger partial charge in [-0.2, -0.15) is 11.3 Å². The van der Waals surface area contributed by atoms with E-state index in [4.69, 9.17) is 5.14 Å². The van der Waals surface area contributed by atoms with Gasteiger partial charge in [0, 0.05) is 16.9 Å². The quantitative estimate of drug-likeness (QED) is 0.638. The van der Waals surface area contributed by atoms with Gasteiger partial charge < -0.3 is 5.32 Å². The van der Waals surface area contributed by atoms with Gasteiger partial charge in [0.05, 0.1) is 16.6 Å². The first kappa shape index (κ1) is 19.7. The van der Waals surface area contributed by atoms with E-state index >= 15 is 0 Å². The summed E-state index contributed by atoms with van der Waals surface area (Å²) in [5.74, 6) is -0.290. The van der Waals surface area contributed by atoms with Gasteiger partial charge in [-0.3, -0.25) is 4.79 Å². The Balaban J connectivity index is 1.83. The van der Waals surface area contributed by atoms with Crippen molar-refractivity contribution in [1.29, 1.82) is 0 Å². The third-order valence-corrected chi connectivity index (χ3v) is 6.96. The number of amides is 1. The van der Waals surface area contributed by atoms with Crippen LogP contribution in [-0.2, 0) is 16.4 Å². The number of carbonyl (C=O) groups is 1. The minimum Gasteiger partial charge on any atom is -0.342 e. The summed E-state index contributed by atoms with van der Waals surface area (Å²) in [5, 5.41) is 13.0. The first-order valence-electron chi connectivity index (χ1n) is 8.13. The Labute approximate surface area is 166 Å².